The van der Waals surface area contributed by atoms with Crippen molar-refractivity contribution in [2.24, 2.45) is 4.99 Å². The summed E-state index contributed by atoms with van der Waals surface area (Å²) in [6.45, 7) is 4.40. The van der Waals surface area contributed by atoms with Gasteiger partial charge in [0, 0.05) is 25.2 Å². The molecule has 0 saturated heterocycles. The normalized spacial score (nSPS) is 22.8. The Kier molecular flexibility index (Phi) is 3.32. The molecule has 0 aromatic rings. The van der Waals surface area contributed by atoms with Crippen LogP contribution in [0.5, 0.6) is 0 Å². The minimum Gasteiger partial charge on any atom is -0.371 e. The third kappa shape index (κ3) is 1.87. The van der Waals surface area contributed by atoms with Gasteiger partial charge in [-0.25, -0.2) is 0 Å². The molecule has 1 aliphatic rings. The first-order chi connectivity index (χ1) is 5.79. The van der Waals surface area contributed by atoms with Crippen LogP contribution in [0.4, 0.5) is 0 Å². The fourth-order valence-corrected chi connectivity index (χ4v) is 1.63. The highest BCUT2D eigenvalue weighted by molar-refractivity contribution is 5.90. The van der Waals surface area contributed by atoms with Crippen LogP contribution in [0.25, 0.3) is 0 Å². The lowest BCUT2D eigenvalue weighted by Crippen LogP contribution is -2.36. The molecule has 1 rings (SSSR count). The monoisotopic (exact) mass is 166 g/mol. The number of hydrogen-bond donors (Lipinski definition) is 0. The Bertz CT molecular complexity index is 194. The molecule has 0 amide bonds. The molecular formula is C10H18N2. The topological polar surface area (TPSA) is 15.6 Å². The largest absolute Gasteiger partial charge is 0.371 e. The van der Waals surface area contributed by atoms with Crippen molar-refractivity contribution < 1.29 is 0 Å². The van der Waals surface area contributed by atoms with Crippen molar-refractivity contribution in [1.82, 2.24) is 4.90 Å². The molecule has 1 unspecified atom stereocenters. The van der Waals surface area contributed by atoms with Crippen LogP contribution < -0.4 is 0 Å². The molecule has 0 radical (unpaired) electrons. The van der Waals surface area contributed by atoms with Crippen LogP contribution in [0.2, 0.25) is 0 Å². The predicted molar refractivity (Wildman–Crippen MR) is 53.3 cm³/mol. The van der Waals surface area contributed by atoms with Crippen molar-refractivity contribution in [3.8, 4) is 0 Å². The number of rotatable bonds is 3. The Hall–Kier alpha value is -0.790. The number of hydrogen-bond acceptors (Lipinski definition) is 2. The summed E-state index contributed by atoms with van der Waals surface area (Å²) in [4.78, 5) is 6.65. The summed E-state index contributed by atoms with van der Waals surface area (Å²) in [5.41, 5.74) is 1.32. The molecule has 0 bridgehead atoms. The Morgan fingerprint density at radius 1 is 1.50 bits per heavy atom. The summed E-state index contributed by atoms with van der Waals surface area (Å²) >= 11 is 0. The van der Waals surface area contributed by atoms with Gasteiger partial charge >= 0.3 is 0 Å². The highest BCUT2D eigenvalue weighted by Crippen LogP contribution is 2.14. The third-order valence-corrected chi connectivity index (χ3v) is 2.34. The molecule has 1 atom stereocenters. The van der Waals surface area contributed by atoms with E-state index in [-0.39, 0.29) is 0 Å². The van der Waals surface area contributed by atoms with Gasteiger partial charge in [0.25, 0.3) is 0 Å². The maximum atomic E-state index is 4.39. The van der Waals surface area contributed by atoms with Gasteiger partial charge in [-0.3, -0.25) is 4.99 Å². The molecule has 0 N–H and O–H groups in total. The molecule has 0 aliphatic carbocycles. The first kappa shape index (κ1) is 9.30. The number of aliphatic imine (C=N–C) groups is 1. The fraction of sp³-hybridized carbons (Fsp3) is 0.700. The van der Waals surface area contributed by atoms with Gasteiger partial charge in [-0.2, -0.15) is 0 Å². The quantitative estimate of drug-likeness (QED) is 0.628. The van der Waals surface area contributed by atoms with Crippen molar-refractivity contribution >= 4 is 5.71 Å². The third-order valence-electron chi connectivity index (χ3n) is 2.34. The predicted octanol–water partition coefficient (Wildman–Crippen LogP) is 2.42. The van der Waals surface area contributed by atoms with Gasteiger partial charge < -0.3 is 4.90 Å². The van der Waals surface area contributed by atoms with Crippen LogP contribution in [0.1, 0.15) is 33.1 Å². The van der Waals surface area contributed by atoms with E-state index in [1.165, 1.54) is 18.6 Å². The van der Waals surface area contributed by atoms with E-state index in [9.17, 15) is 0 Å². The van der Waals surface area contributed by atoms with Crippen molar-refractivity contribution in [1.29, 1.82) is 0 Å². The standard InChI is InChI=1S/C10H18N2/c1-4-6-10-9(5-2)11-7-8-12(10)3/h7-8,10H,4-6H2,1-3H3. The van der Waals surface area contributed by atoms with E-state index in [2.05, 4.69) is 37.0 Å². The lowest BCUT2D eigenvalue weighted by atomic mass is 10.0. The first-order valence-corrected chi connectivity index (χ1v) is 4.74. The summed E-state index contributed by atoms with van der Waals surface area (Å²) in [7, 11) is 2.13. The van der Waals surface area contributed by atoms with E-state index in [0.717, 1.165) is 6.42 Å². The van der Waals surface area contributed by atoms with Gasteiger partial charge in [0.2, 0.25) is 0 Å². The SMILES string of the molecule is CCCC1C(CC)=NC=CN1C. The molecule has 0 saturated carbocycles. The molecule has 2 heteroatoms. The van der Waals surface area contributed by atoms with E-state index >= 15 is 0 Å². The molecule has 0 aromatic carbocycles. The maximum absolute atomic E-state index is 4.39. The van der Waals surface area contributed by atoms with E-state index in [1.54, 1.807) is 0 Å². The maximum Gasteiger partial charge on any atom is 0.0666 e. The van der Waals surface area contributed by atoms with Crippen LogP contribution in [0.15, 0.2) is 17.4 Å². The minimum atomic E-state index is 0.546. The van der Waals surface area contributed by atoms with E-state index in [4.69, 9.17) is 0 Å². The molecule has 68 valence electrons. The van der Waals surface area contributed by atoms with Crippen LogP contribution >= 0.6 is 0 Å². The van der Waals surface area contributed by atoms with Crippen LogP contribution in [0, 0.1) is 0 Å². The summed E-state index contributed by atoms with van der Waals surface area (Å²) < 4.78 is 0. The zero-order valence-electron chi connectivity index (χ0n) is 8.25. The molecular weight excluding hydrogens is 148 g/mol. The molecule has 2 nitrogen and oxygen atoms in total. The molecule has 1 heterocycles. The molecule has 0 spiro atoms. The first-order valence-electron chi connectivity index (χ1n) is 4.74. The van der Waals surface area contributed by atoms with Gasteiger partial charge in [-0.05, 0) is 12.8 Å². The van der Waals surface area contributed by atoms with E-state index < -0.39 is 0 Å². The van der Waals surface area contributed by atoms with Crippen LogP contribution in [-0.2, 0) is 0 Å². The summed E-state index contributed by atoms with van der Waals surface area (Å²) in [5, 5.41) is 0. The Balaban J connectivity index is 2.66. The smallest absolute Gasteiger partial charge is 0.0666 e. The van der Waals surface area contributed by atoms with E-state index in [1.807, 2.05) is 6.20 Å². The Labute approximate surface area is 75.0 Å². The second-order valence-corrected chi connectivity index (χ2v) is 3.24. The Morgan fingerprint density at radius 3 is 2.83 bits per heavy atom. The van der Waals surface area contributed by atoms with Crippen molar-refractivity contribution in [3.05, 3.63) is 12.4 Å². The summed E-state index contributed by atoms with van der Waals surface area (Å²) in [5.74, 6) is 0. The van der Waals surface area contributed by atoms with Crippen LogP contribution in [-0.4, -0.2) is 23.7 Å². The fourth-order valence-electron chi connectivity index (χ4n) is 1.63. The van der Waals surface area contributed by atoms with Crippen LogP contribution in [0.3, 0.4) is 0 Å². The second kappa shape index (κ2) is 4.29. The lowest BCUT2D eigenvalue weighted by molar-refractivity contribution is 0.373. The average molecular weight is 166 g/mol. The zero-order valence-corrected chi connectivity index (χ0v) is 8.25. The van der Waals surface area contributed by atoms with Gasteiger partial charge in [0.1, 0.15) is 0 Å². The minimum absolute atomic E-state index is 0.546. The molecule has 1 aliphatic heterocycles. The second-order valence-electron chi connectivity index (χ2n) is 3.24. The molecule has 0 aromatic heterocycles. The highest BCUT2D eigenvalue weighted by Gasteiger charge is 2.18. The van der Waals surface area contributed by atoms with Gasteiger partial charge in [0.05, 0.1) is 6.04 Å². The van der Waals surface area contributed by atoms with E-state index in [0.29, 0.717) is 6.04 Å². The van der Waals surface area contributed by atoms with Gasteiger partial charge in [0.15, 0.2) is 0 Å². The summed E-state index contributed by atoms with van der Waals surface area (Å²) in [6.07, 6.45) is 7.46. The number of nitrogens with zero attached hydrogens (tertiary/aromatic N) is 2. The Morgan fingerprint density at radius 2 is 2.25 bits per heavy atom. The van der Waals surface area contributed by atoms with Crippen molar-refractivity contribution in [3.63, 3.8) is 0 Å². The zero-order chi connectivity index (χ0) is 8.97. The lowest BCUT2D eigenvalue weighted by Gasteiger charge is -2.29. The average Bonchev–Trinajstić information content (AvgIpc) is 2.09. The highest BCUT2D eigenvalue weighted by atomic mass is 15.1. The molecule has 12 heavy (non-hydrogen) atoms. The van der Waals surface area contributed by atoms with Crippen molar-refractivity contribution in [2.75, 3.05) is 7.05 Å². The van der Waals surface area contributed by atoms with Gasteiger partial charge in [-0.1, -0.05) is 20.3 Å². The summed E-state index contributed by atoms with van der Waals surface area (Å²) in [6, 6.07) is 0.546. The van der Waals surface area contributed by atoms with Crippen molar-refractivity contribution in [2.45, 2.75) is 39.2 Å². The van der Waals surface area contributed by atoms with Gasteiger partial charge in [-0.15, -0.1) is 0 Å². The molecule has 0 fully saturated rings.